The number of pyridine rings is 1. The fraction of sp³-hybridized carbons (Fsp3) is 0.500. The lowest BCUT2D eigenvalue weighted by Gasteiger charge is -2.28. The molecule has 0 aliphatic carbocycles. The van der Waals surface area contributed by atoms with Crippen molar-refractivity contribution in [2.45, 2.75) is 38.3 Å². The van der Waals surface area contributed by atoms with Gasteiger partial charge in [0, 0.05) is 12.2 Å². The first kappa shape index (κ1) is 11.7. The van der Waals surface area contributed by atoms with Crippen LogP contribution in [0.25, 0.3) is 5.65 Å². The predicted octanol–water partition coefficient (Wildman–Crippen LogP) is 1.82. The summed E-state index contributed by atoms with van der Waals surface area (Å²) in [6.45, 7) is 2.96. The maximum absolute atomic E-state index is 10.6. The van der Waals surface area contributed by atoms with Gasteiger partial charge in [-0.3, -0.25) is 0 Å². The Morgan fingerprint density at radius 1 is 1.44 bits per heavy atom. The molecule has 1 fully saturated rings. The third-order valence-electron chi connectivity index (χ3n) is 3.76. The zero-order chi connectivity index (χ0) is 12.5. The van der Waals surface area contributed by atoms with Crippen LogP contribution in [0.5, 0.6) is 0 Å². The molecule has 2 aromatic heterocycles. The third kappa shape index (κ3) is 1.91. The number of aromatic nitrogens is 2. The minimum Gasteiger partial charge on any atom is -0.385 e. The smallest absolute Gasteiger partial charge is 0.137 e. The lowest BCUT2D eigenvalue weighted by Crippen LogP contribution is -2.39. The molecule has 1 aliphatic rings. The van der Waals surface area contributed by atoms with Crippen LogP contribution >= 0.6 is 0 Å². The van der Waals surface area contributed by atoms with Crippen molar-refractivity contribution in [2.24, 2.45) is 0 Å². The number of nitrogens with zero attached hydrogens (tertiary/aromatic N) is 2. The van der Waals surface area contributed by atoms with E-state index in [1.54, 1.807) is 0 Å². The third-order valence-corrected chi connectivity index (χ3v) is 3.76. The van der Waals surface area contributed by atoms with Gasteiger partial charge in [0.25, 0.3) is 0 Å². The van der Waals surface area contributed by atoms with Crippen LogP contribution in [0.4, 0.5) is 0 Å². The Labute approximate surface area is 107 Å². The van der Waals surface area contributed by atoms with E-state index in [2.05, 4.69) is 10.3 Å². The molecule has 96 valence electrons. The minimum absolute atomic E-state index is 0.151. The average molecular weight is 245 g/mol. The Morgan fingerprint density at radius 2 is 2.33 bits per heavy atom. The standard InChI is InChI=1S/C14H19N3O/c1-10-13(14(18)11-6-2-4-8-15-11)17-9-5-3-7-12(17)16-10/h3,5,7,9,11,14-15,18H,2,4,6,8H2,1H3/t11-,14+/m0/s1. The van der Waals surface area contributed by atoms with E-state index < -0.39 is 6.10 Å². The molecule has 4 heteroatoms. The fourth-order valence-corrected chi connectivity index (χ4v) is 2.83. The second-order valence-electron chi connectivity index (χ2n) is 5.01. The molecule has 2 N–H and O–H groups in total. The first-order chi connectivity index (χ1) is 8.77. The molecule has 0 bridgehead atoms. The van der Waals surface area contributed by atoms with Crippen LogP contribution in [-0.4, -0.2) is 27.1 Å². The van der Waals surface area contributed by atoms with Crippen LogP contribution in [0, 0.1) is 6.92 Å². The van der Waals surface area contributed by atoms with Crippen molar-refractivity contribution in [3.05, 3.63) is 35.8 Å². The number of rotatable bonds is 2. The lowest BCUT2D eigenvalue weighted by atomic mass is 9.97. The highest BCUT2D eigenvalue weighted by Crippen LogP contribution is 2.26. The largest absolute Gasteiger partial charge is 0.385 e. The Kier molecular flexibility index (Phi) is 3.06. The van der Waals surface area contributed by atoms with Crippen LogP contribution in [0.3, 0.4) is 0 Å². The average Bonchev–Trinajstić information content (AvgIpc) is 2.75. The quantitative estimate of drug-likeness (QED) is 0.848. The van der Waals surface area contributed by atoms with Gasteiger partial charge in [-0.05, 0) is 38.4 Å². The van der Waals surface area contributed by atoms with Crippen LogP contribution in [0.2, 0.25) is 0 Å². The summed E-state index contributed by atoms with van der Waals surface area (Å²) in [6.07, 6.45) is 4.90. The number of hydrogen-bond acceptors (Lipinski definition) is 3. The second kappa shape index (κ2) is 4.71. The van der Waals surface area contributed by atoms with Crippen molar-refractivity contribution in [3.8, 4) is 0 Å². The minimum atomic E-state index is -0.484. The SMILES string of the molecule is Cc1nc2ccccn2c1[C@H](O)[C@@H]1CCCCN1. The number of aliphatic hydroxyl groups excluding tert-OH is 1. The van der Waals surface area contributed by atoms with E-state index in [1.807, 2.05) is 35.7 Å². The summed E-state index contributed by atoms with van der Waals surface area (Å²) in [5.41, 5.74) is 2.74. The summed E-state index contributed by atoms with van der Waals surface area (Å²) in [5.74, 6) is 0. The Bertz CT molecular complexity index is 543. The van der Waals surface area contributed by atoms with Crippen LogP contribution < -0.4 is 5.32 Å². The highest BCUT2D eigenvalue weighted by molar-refractivity contribution is 5.43. The Balaban J connectivity index is 1.99. The normalized spacial score (nSPS) is 22.2. The van der Waals surface area contributed by atoms with Crippen LogP contribution in [0.1, 0.15) is 36.8 Å². The molecule has 4 nitrogen and oxygen atoms in total. The summed E-state index contributed by atoms with van der Waals surface area (Å²) in [5, 5.41) is 14.0. The molecule has 0 spiro atoms. The summed E-state index contributed by atoms with van der Waals surface area (Å²) >= 11 is 0. The maximum atomic E-state index is 10.6. The molecule has 0 radical (unpaired) electrons. The maximum Gasteiger partial charge on any atom is 0.137 e. The van der Waals surface area contributed by atoms with E-state index in [0.717, 1.165) is 30.0 Å². The lowest BCUT2D eigenvalue weighted by molar-refractivity contribution is 0.108. The zero-order valence-corrected chi connectivity index (χ0v) is 10.6. The topological polar surface area (TPSA) is 49.6 Å². The fourth-order valence-electron chi connectivity index (χ4n) is 2.83. The first-order valence-electron chi connectivity index (χ1n) is 6.62. The van der Waals surface area contributed by atoms with Gasteiger partial charge in [0.2, 0.25) is 0 Å². The number of nitrogens with one attached hydrogen (secondary N) is 1. The summed E-state index contributed by atoms with van der Waals surface area (Å²) < 4.78 is 2.00. The number of piperidine rings is 1. The van der Waals surface area contributed by atoms with Gasteiger partial charge in [-0.1, -0.05) is 12.5 Å². The molecule has 0 unspecified atom stereocenters. The van der Waals surface area contributed by atoms with E-state index in [4.69, 9.17) is 0 Å². The van der Waals surface area contributed by atoms with Crippen molar-refractivity contribution in [3.63, 3.8) is 0 Å². The molecular weight excluding hydrogens is 226 g/mol. The Hall–Kier alpha value is -1.39. The van der Waals surface area contributed by atoms with E-state index in [9.17, 15) is 5.11 Å². The van der Waals surface area contributed by atoms with E-state index in [1.165, 1.54) is 12.8 Å². The summed E-state index contributed by atoms with van der Waals surface area (Å²) in [4.78, 5) is 4.50. The predicted molar refractivity (Wildman–Crippen MR) is 70.5 cm³/mol. The van der Waals surface area contributed by atoms with Crippen LogP contribution in [0.15, 0.2) is 24.4 Å². The molecule has 2 aromatic rings. The van der Waals surface area contributed by atoms with Gasteiger partial charge in [0.15, 0.2) is 0 Å². The number of aliphatic hydroxyl groups is 1. The molecular formula is C14H19N3O. The summed E-state index contributed by atoms with van der Waals surface area (Å²) in [7, 11) is 0. The van der Waals surface area contributed by atoms with Crippen LogP contribution in [-0.2, 0) is 0 Å². The Morgan fingerprint density at radius 3 is 3.11 bits per heavy atom. The van der Waals surface area contributed by atoms with Gasteiger partial charge in [-0.25, -0.2) is 4.98 Å². The molecule has 0 amide bonds. The van der Waals surface area contributed by atoms with Crippen molar-refractivity contribution < 1.29 is 5.11 Å². The van der Waals surface area contributed by atoms with Gasteiger partial charge in [-0.15, -0.1) is 0 Å². The number of imidazole rings is 1. The van der Waals surface area contributed by atoms with Crippen molar-refractivity contribution in [1.82, 2.24) is 14.7 Å². The highest BCUT2D eigenvalue weighted by Gasteiger charge is 2.26. The van der Waals surface area contributed by atoms with E-state index >= 15 is 0 Å². The van der Waals surface area contributed by atoms with E-state index in [0.29, 0.717) is 0 Å². The highest BCUT2D eigenvalue weighted by atomic mass is 16.3. The molecule has 3 heterocycles. The van der Waals surface area contributed by atoms with Gasteiger partial charge in [0.05, 0.1) is 11.4 Å². The molecule has 3 rings (SSSR count). The van der Waals surface area contributed by atoms with Gasteiger partial charge in [-0.2, -0.15) is 0 Å². The monoisotopic (exact) mass is 245 g/mol. The van der Waals surface area contributed by atoms with Crippen molar-refractivity contribution in [1.29, 1.82) is 0 Å². The van der Waals surface area contributed by atoms with E-state index in [-0.39, 0.29) is 6.04 Å². The molecule has 1 saturated heterocycles. The molecule has 0 aromatic carbocycles. The van der Waals surface area contributed by atoms with Gasteiger partial charge in [0.1, 0.15) is 11.8 Å². The molecule has 18 heavy (non-hydrogen) atoms. The molecule has 2 atom stereocenters. The van der Waals surface area contributed by atoms with Crippen molar-refractivity contribution in [2.75, 3.05) is 6.54 Å². The number of hydrogen-bond donors (Lipinski definition) is 2. The second-order valence-corrected chi connectivity index (χ2v) is 5.01. The number of aryl methyl sites for hydroxylation is 1. The molecule has 0 saturated carbocycles. The molecule has 1 aliphatic heterocycles. The number of fused-ring (bicyclic) bond motifs is 1. The summed E-state index contributed by atoms with van der Waals surface area (Å²) in [6, 6.07) is 6.06. The van der Waals surface area contributed by atoms with Gasteiger partial charge >= 0.3 is 0 Å². The first-order valence-corrected chi connectivity index (χ1v) is 6.62. The van der Waals surface area contributed by atoms with Gasteiger partial charge < -0.3 is 14.8 Å². The van der Waals surface area contributed by atoms with Crippen molar-refractivity contribution >= 4 is 5.65 Å². The zero-order valence-electron chi connectivity index (χ0n) is 10.6.